The maximum absolute atomic E-state index is 12.3. The van der Waals surface area contributed by atoms with Gasteiger partial charge in [-0.15, -0.1) is 0 Å². The standard InChI is InChI=1S/C18H19N7O4/c1-10(2)9-24-14-15(23(4)18(27)20-16(14)26)19-17(24)22-21-11(3)12-6-5-7-13(8-12)25(28)29/h5-8H,1,9H2,2-4H3,(H,19,22)(H,20,26,27)/b21-11+. The van der Waals surface area contributed by atoms with Gasteiger partial charge in [-0.2, -0.15) is 10.1 Å². The summed E-state index contributed by atoms with van der Waals surface area (Å²) in [6.45, 7) is 7.62. The molecule has 2 heterocycles. The number of benzene rings is 1. The maximum atomic E-state index is 12.3. The van der Waals surface area contributed by atoms with Crippen molar-refractivity contribution in [1.29, 1.82) is 0 Å². The number of hydrazone groups is 1. The number of aromatic amines is 1. The van der Waals surface area contributed by atoms with E-state index in [2.05, 4.69) is 27.1 Å². The maximum Gasteiger partial charge on any atom is 0.329 e. The number of aromatic nitrogens is 4. The number of nitro groups is 1. The molecule has 0 spiro atoms. The highest BCUT2D eigenvalue weighted by Gasteiger charge is 2.17. The number of nitrogens with zero attached hydrogens (tertiary/aromatic N) is 5. The smallest absolute Gasteiger partial charge is 0.299 e. The monoisotopic (exact) mass is 397 g/mol. The van der Waals surface area contributed by atoms with E-state index in [9.17, 15) is 19.7 Å². The Bertz CT molecular complexity index is 1280. The SMILES string of the molecule is C=C(C)Cn1c(N/N=C(\C)c2cccc([N+](=O)[O-])c2)nc2c1c(=O)[nH]c(=O)n2C. The van der Waals surface area contributed by atoms with Crippen molar-refractivity contribution in [1.82, 2.24) is 19.1 Å². The minimum atomic E-state index is -0.578. The number of hydrogen-bond acceptors (Lipinski definition) is 7. The van der Waals surface area contributed by atoms with Crippen LogP contribution in [0.25, 0.3) is 11.2 Å². The molecule has 1 aromatic carbocycles. The highest BCUT2D eigenvalue weighted by molar-refractivity contribution is 5.99. The number of nitro benzene ring substituents is 1. The van der Waals surface area contributed by atoms with Crippen molar-refractivity contribution in [3.63, 3.8) is 0 Å². The number of aryl methyl sites for hydroxylation is 1. The van der Waals surface area contributed by atoms with Crippen molar-refractivity contribution >= 4 is 28.5 Å². The third-order valence-corrected chi connectivity index (χ3v) is 4.23. The van der Waals surface area contributed by atoms with E-state index in [1.54, 1.807) is 30.5 Å². The fourth-order valence-corrected chi connectivity index (χ4v) is 2.79. The van der Waals surface area contributed by atoms with Gasteiger partial charge < -0.3 is 0 Å². The molecule has 11 nitrogen and oxygen atoms in total. The molecule has 0 fully saturated rings. The molecule has 0 aliphatic carbocycles. The summed E-state index contributed by atoms with van der Waals surface area (Å²) >= 11 is 0. The van der Waals surface area contributed by atoms with Gasteiger partial charge in [-0.05, 0) is 13.8 Å². The van der Waals surface area contributed by atoms with Crippen LogP contribution in [0, 0.1) is 10.1 Å². The molecule has 0 atom stereocenters. The zero-order valence-electron chi connectivity index (χ0n) is 16.1. The first-order valence-electron chi connectivity index (χ1n) is 8.58. The van der Waals surface area contributed by atoms with Gasteiger partial charge in [-0.25, -0.2) is 10.2 Å². The van der Waals surface area contributed by atoms with Crippen LogP contribution in [0.5, 0.6) is 0 Å². The van der Waals surface area contributed by atoms with Crippen molar-refractivity contribution in [2.75, 3.05) is 5.43 Å². The number of rotatable bonds is 6. The summed E-state index contributed by atoms with van der Waals surface area (Å²) < 4.78 is 2.80. The molecule has 0 amide bonds. The zero-order chi connectivity index (χ0) is 21.3. The molecule has 0 unspecified atom stereocenters. The van der Waals surface area contributed by atoms with Gasteiger partial charge in [0.25, 0.3) is 11.2 Å². The van der Waals surface area contributed by atoms with E-state index in [1.165, 1.54) is 23.7 Å². The average Bonchev–Trinajstić information content (AvgIpc) is 3.02. The molecule has 3 aromatic rings. The van der Waals surface area contributed by atoms with Gasteiger partial charge in [0.1, 0.15) is 0 Å². The predicted octanol–water partition coefficient (Wildman–Crippen LogP) is 1.74. The molecule has 3 rings (SSSR count). The van der Waals surface area contributed by atoms with Gasteiger partial charge in [0.2, 0.25) is 5.95 Å². The van der Waals surface area contributed by atoms with Crippen LogP contribution >= 0.6 is 0 Å². The number of fused-ring (bicyclic) bond motifs is 1. The summed E-state index contributed by atoms with van der Waals surface area (Å²) in [5.74, 6) is 0.236. The fraction of sp³-hybridized carbons (Fsp3) is 0.222. The molecule has 0 aliphatic heterocycles. The van der Waals surface area contributed by atoms with E-state index in [0.717, 1.165) is 5.57 Å². The highest BCUT2D eigenvalue weighted by atomic mass is 16.6. The molecule has 0 saturated heterocycles. The van der Waals surface area contributed by atoms with Crippen LogP contribution in [0.2, 0.25) is 0 Å². The molecule has 0 aliphatic rings. The molecule has 0 bridgehead atoms. The number of hydrogen-bond donors (Lipinski definition) is 2. The van der Waals surface area contributed by atoms with E-state index in [1.807, 2.05) is 0 Å². The van der Waals surface area contributed by atoms with Crippen LogP contribution in [-0.4, -0.2) is 29.7 Å². The summed E-state index contributed by atoms with van der Waals surface area (Å²) in [6, 6.07) is 6.06. The van der Waals surface area contributed by atoms with Crippen LogP contribution in [0.1, 0.15) is 19.4 Å². The van der Waals surface area contributed by atoms with Crippen molar-refractivity contribution in [3.05, 3.63) is 72.9 Å². The lowest BCUT2D eigenvalue weighted by Gasteiger charge is -2.08. The Morgan fingerprint density at radius 1 is 1.38 bits per heavy atom. The number of allylic oxidation sites excluding steroid dienone is 1. The molecule has 2 aromatic heterocycles. The van der Waals surface area contributed by atoms with Crippen molar-refractivity contribution in [2.45, 2.75) is 20.4 Å². The third-order valence-electron chi connectivity index (χ3n) is 4.23. The van der Waals surface area contributed by atoms with E-state index in [-0.39, 0.29) is 29.3 Å². The largest absolute Gasteiger partial charge is 0.329 e. The second kappa shape index (κ2) is 7.54. The minimum absolute atomic E-state index is 0.0481. The van der Waals surface area contributed by atoms with E-state index < -0.39 is 16.2 Å². The summed E-state index contributed by atoms with van der Waals surface area (Å²) in [5.41, 5.74) is 3.80. The van der Waals surface area contributed by atoms with Gasteiger partial charge in [-0.3, -0.25) is 29.0 Å². The number of imidazole rings is 1. The summed E-state index contributed by atoms with van der Waals surface area (Å²) in [6.07, 6.45) is 0. The summed E-state index contributed by atoms with van der Waals surface area (Å²) in [5, 5.41) is 15.2. The fourth-order valence-electron chi connectivity index (χ4n) is 2.79. The highest BCUT2D eigenvalue weighted by Crippen LogP contribution is 2.18. The Morgan fingerprint density at radius 2 is 2.10 bits per heavy atom. The first-order valence-corrected chi connectivity index (χ1v) is 8.58. The third kappa shape index (κ3) is 3.83. The number of anilines is 1. The zero-order valence-corrected chi connectivity index (χ0v) is 16.1. The van der Waals surface area contributed by atoms with Crippen LogP contribution in [0.4, 0.5) is 11.6 Å². The lowest BCUT2D eigenvalue weighted by atomic mass is 10.1. The lowest BCUT2D eigenvalue weighted by Crippen LogP contribution is -2.29. The second-order valence-corrected chi connectivity index (χ2v) is 6.59. The Labute approximate surface area is 164 Å². The predicted molar refractivity (Wildman–Crippen MR) is 109 cm³/mol. The Hall–Kier alpha value is -4.02. The Morgan fingerprint density at radius 3 is 2.76 bits per heavy atom. The summed E-state index contributed by atoms with van der Waals surface area (Å²) in [4.78, 5) is 41.3. The Kier molecular flexibility index (Phi) is 5.13. The number of H-pyrrole nitrogens is 1. The van der Waals surface area contributed by atoms with Crippen molar-refractivity contribution in [2.24, 2.45) is 12.1 Å². The van der Waals surface area contributed by atoms with Crippen LogP contribution in [-0.2, 0) is 13.6 Å². The number of non-ortho nitro benzene ring substituents is 1. The molecule has 29 heavy (non-hydrogen) atoms. The molecule has 11 heteroatoms. The van der Waals surface area contributed by atoms with E-state index >= 15 is 0 Å². The van der Waals surface area contributed by atoms with Crippen LogP contribution in [0.15, 0.2) is 51.1 Å². The minimum Gasteiger partial charge on any atom is -0.299 e. The Balaban J connectivity index is 2.08. The van der Waals surface area contributed by atoms with Gasteiger partial charge >= 0.3 is 5.69 Å². The van der Waals surface area contributed by atoms with Gasteiger partial charge in [0.15, 0.2) is 11.2 Å². The molecular weight excluding hydrogens is 378 g/mol. The van der Waals surface area contributed by atoms with Gasteiger partial charge in [0, 0.05) is 31.3 Å². The van der Waals surface area contributed by atoms with Gasteiger partial charge in [0.05, 0.1) is 10.6 Å². The summed E-state index contributed by atoms with van der Waals surface area (Å²) in [7, 11) is 1.50. The first-order chi connectivity index (χ1) is 13.7. The van der Waals surface area contributed by atoms with Crippen LogP contribution in [0.3, 0.4) is 0 Å². The normalized spacial score (nSPS) is 11.6. The van der Waals surface area contributed by atoms with Gasteiger partial charge in [-0.1, -0.05) is 24.3 Å². The number of nitrogens with one attached hydrogen (secondary N) is 2. The molecule has 150 valence electrons. The van der Waals surface area contributed by atoms with E-state index in [0.29, 0.717) is 11.3 Å². The second-order valence-electron chi connectivity index (χ2n) is 6.59. The molecular formula is C18H19N7O4. The molecule has 0 saturated carbocycles. The molecule has 2 N–H and O–H groups in total. The molecule has 0 radical (unpaired) electrons. The lowest BCUT2D eigenvalue weighted by molar-refractivity contribution is -0.384. The van der Waals surface area contributed by atoms with Crippen molar-refractivity contribution < 1.29 is 4.92 Å². The van der Waals surface area contributed by atoms with E-state index in [4.69, 9.17) is 0 Å². The van der Waals surface area contributed by atoms with Crippen molar-refractivity contribution in [3.8, 4) is 0 Å². The first kappa shape index (κ1) is 19.7. The van der Waals surface area contributed by atoms with Crippen LogP contribution < -0.4 is 16.7 Å². The topological polar surface area (TPSA) is 140 Å². The quantitative estimate of drug-likeness (QED) is 0.281. The average molecular weight is 397 g/mol.